The van der Waals surface area contributed by atoms with Gasteiger partial charge in [0.1, 0.15) is 5.82 Å². The summed E-state index contributed by atoms with van der Waals surface area (Å²) in [6.07, 6.45) is 0. The van der Waals surface area contributed by atoms with Gasteiger partial charge < -0.3 is 4.52 Å². The Labute approximate surface area is 158 Å². The van der Waals surface area contributed by atoms with E-state index in [9.17, 15) is 4.79 Å². The molecule has 0 unspecified atom stereocenters. The number of halogens is 2. The minimum absolute atomic E-state index is 0.144. The van der Waals surface area contributed by atoms with Crippen molar-refractivity contribution in [2.24, 2.45) is 0 Å². The average Bonchev–Trinajstić information content (AvgIpc) is 3.10. The second-order valence-electron chi connectivity index (χ2n) is 5.71. The highest BCUT2D eigenvalue weighted by Crippen LogP contribution is 2.27. The van der Waals surface area contributed by atoms with Gasteiger partial charge in [0, 0.05) is 5.56 Å². The molecule has 130 valence electrons. The second-order valence-corrected chi connectivity index (χ2v) is 6.53. The summed E-state index contributed by atoms with van der Waals surface area (Å²) >= 11 is 11.9. The predicted octanol–water partition coefficient (Wildman–Crippen LogP) is 4.11. The van der Waals surface area contributed by atoms with Crippen molar-refractivity contribution in [1.29, 1.82) is 0 Å². The zero-order valence-electron chi connectivity index (χ0n) is 13.6. The van der Waals surface area contributed by atoms with Gasteiger partial charge in [0.15, 0.2) is 5.82 Å². The Morgan fingerprint density at radius 2 is 1.88 bits per heavy atom. The molecule has 4 rings (SSSR count). The van der Waals surface area contributed by atoms with Crippen LogP contribution in [0.25, 0.3) is 22.4 Å². The molecule has 0 fully saturated rings. The van der Waals surface area contributed by atoms with Crippen molar-refractivity contribution in [3.05, 3.63) is 74.5 Å². The van der Waals surface area contributed by atoms with E-state index in [2.05, 4.69) is 15.1 Å². The molecular formula is C18H12Cl2N4O2. The van der Waals surface area contributed by atoms with Crippen LogP contribution in [0, 0.1) is 6.92 Å². The largest absolute Gasteiger partial charge is 0.334 e. The van der Waals surface area contributed by atoms with Crippen LogP contribution in [0.1, 0.15) is 11.6 Å². The number of para-hydroxylation sites is 1. The number of aromatic nitrogens is 4. The van der Waals surface area contributed by atoms with Crippen molar-refractivity contribution in [2.45, 2.75) is 13.5 Å². The molecule has 0 aliphatic carbocycles. The van der Waals surface area contributed by atoms with Gasteiger partial charge in [-0.1, -0.05) is 40.5 Å². The summed E-state index contributed by atoms with van der Waals surface area (Å²) < 4.78 is 6.81. The predicted molar refractivity (Wildman–Crippen MR) is 99.6 cm³/mol. The van der Waals surface area contributed by atoms with Gasteiger partial charge >= 0.3 is 0 Å². The molecule has 26 heavy (non-hydrogen) atoms. The van der Waals surface area contributed by atoms with E-state index in [0.717, 1.165) is 0 Å². The Bertz CT molecular complexity index is 1180. The lowest BCUT2D eigenvalue weighted by Crippen LogP contribution is -2.24. The maximum Gasteiger partial charge on any atom is 0.261 e. The number of nitrogens with zero attached hydrogens (tertiary/aromatic N) is 4. The molecule has 0 saturated heterocycles. The molecule has 0 bridgehead atoms. The van der Waals surface area contributed by atoms with Crippen molar-refractivity contribution in [3.63, 3.8) is 0 Å². The molecule has 0 spiro atoms. The third kappa shape index (κ3) is 2.98. The van der Waals surface area contributed by atoms with E-state index in [1.807, 2.05) is 18.2 Å². The van der Waals surface area contributed by atoms with Crippen LogP contribution in [0.5, 0.6) is 0 Å². The van der Waals surface area contributed by atoms with Gasteiger partial charge in [-0.3, -0.25) is 9.36 Å². The highest BCUT2D eigenvalue weighted by Gasteiger charge is 2.14. The average molecular weight is 387 g/mol. The number of hydrogen-bond acceptors (Lipinski definition) is 5. The summed E-state index contributed by atoms with van der Waals surface area (Å²) in [5.74, 6) is 1.25. The minimum Gasteiger partial charge on any atom is -0.334 e. The van der Waals surface area contributed by atoms with Crippen molar-refractivity contribution < 1.29 is 4.52 Å². The van der Waals surface area contributed by atoms with Gasteiger partial charge in [-0.05, 0) is 37.3 Å². The first-order valence-electron chi connectivity index (χ1n) is 7.77. The molecule has 0 radical (unpaired) electrons. The van der Waals surface area contributed by atoms with E-state index < -0.39 is 0 Å². The Kier molecular flexibility index (Phi) is 4.22. The summed E-state index contributed by atoms with van der Waals surface area (Å²) in [5, 5.41) is 5.34. The summed E-state index contributed by atoms with van der Waals surface area (Å²) in [5.41, 5.74) is 1.17. The molecule has 0 aliphatic rings. The van der Waals surface area contributed by atoms with Gasteiger partial charge in [0.25, 0.3) is 11.4 Å². The maximum atomic E-state index is 12.7. The van der Waals surface area contributed by atoms with Gasteiger partial charge in [-0.2, -0.15) is 4.98 Å². The van der Waals surface area contributed by atoms with Crippen LogP contribution in [0.3, 0.4) is 0 Å². The fourth-order valence-electron chi connectivity index (χ4n) is 2.67. The van der Waals surface area contributed by atoms with Crippen molar-refractivity contribution in [1.82, 2.24) is 19.7 Å². The Morgan fingerprint density at radius 1 is 1.08 bits per heavy atom. The number of benzene rings is 2. The fraction of sp³-hybridized carbons (Fsp3) is 0.111. The number of hydrogen-bond donors (Lipinski definition) is 0. The lowest BCUT2D eigenvalue weighted by molar-refractivity contribution is 0.419. The molecule has 2 heterocycles. The van der Waals surface area contributed by atoms with Gasteiger partial charge in [-0.15, -0.1) is 0 Å². The summed E-state index contributed by atoms with van der Waals surface area (Å²) in [6, 6.07) is 12.3. The maximum absolute atomic E-state index is 12.7. The van der Waals surface area contributed by atoms with Gasteiger partial charge in [-0.25, -0.2) is 4.98 Å². The molecule has 6 nitrogen and oxygen atoms in total. The molecule has 0 N–H and O–H groups in total. The Morgan fingerprint density at radius 3 is 2.69 bits per heavy atom. The van der Waals surface area contributed by atoms with Gasteiger partial charge in [0.05, 0.1) is 27.5 Å². The Balaban J connectivity index is 1.71. The van der Waals surface area contributed by atoms with E-state index in [1.165, 1.54) is 4.57 Å². The van der Waals surface area contributed by atoms with Gasteiger partial charge in [0.2, 0.25) is 0 Å². The molecule has 0 amide bonds. The van der Waals surface area contributed by atoms with Crippen LogP contribution in [0.15, 0.2) is 51.8 Å². The normalized spacial score (nSPS) is 11.2. The minimum atomic E-state index is -0.144. The SMILES string of the molecule is Cc1nc2ccccc2c(=O)n1Cc1noc(-c2ccc(Cl)c(Cl)c2)n1. The van der Waals surface area contributed by atoms with E-state index in [1.54, 1.807) is 31.2 Å². The molecule has 4 aromatic rings. The van der Waals surface area contributed by atoms with E-state index in [0.29, 0.717) is 44.1 Å². The standard InChI is InChI=1S/C18H12Cl2N4O2/c1-10-21-15-5-3-2-4-12(15)18(25)24(10)9-16-22-17(26-23-16)11-6-7-13(19)14(20)8-11/h2-8H,9H2,1H3. The first-order valence-corrected chi connectivity index (χ1v) is 8.53. The second kappa shape index (κ2) is 6.55. The van der Waals surface area contributed by atoms with Crippen LogP contribution in [0.2, 0.25) is 10.0 Å². The summed E-state index contributed by atoms with van der Waals surface area (Å²) in [7, 11) is 0. The highest BCUT2D eigenvalue weighted by atomic mass is 35.5. The topological polar surface area (TPSA) is 73.8 Å². The molecule has 2 aromatic heterocycles. The first kappa shape index (κ1) is 16.8. The van der Waals surface area contributed by atoms with Crippen LogP contribution in [-0.4, -0.2) is 19.7 Å². The quantitative estimate of drug-likeness (QED) is 0.529. The molecule has 0 aliphatic heterocycles. The molecule has 0 atom stereocenters. The smallest absolute Gasteiger partial charge is 0.261 e. The van der Waals surface area contributed by atoms with E-state index >= 15 is 0 Å². The van der Waals surface area contributed by atoms with Crippen molar-refractivity contribution >= 4 is 34.1 Å². The van der Waals surface area contributed by atoms with Crippen molar-refractivity contribution in [3.8, 4) is 11.5 Å². The monoisotopic (exact) mass is 386 g/mol. The van der Waals surface area contributed by atoms with Crippen LogP contribution in [0.4, 0.5) is 0 Å². The van der Waals surface area contributed by atoms with Crippen LogP contribution in [-0.2, 0) is 6.54 Å². The molecule has 0 saturated carbocycles. The fourth-order valence-corrected chi connectivity index (χ4v) is 2.97. The summed E-state index contributed by atoms with van der Waals surface area (Å²) in [4.78, 5) is 21.5. The number of rotatable bonds is 3. The summed E-state index contributed by atoms with van der Waals surface area (Å²) in [6.45, 7) is 1.93. The molecular weight excluding hydrogens is 375 g/mol. The van der Waals surface area contributed by atoms with E-state index in [4.69, 9.17) is 27.7 Å². The lowest BCUT2D eigenvalue weighted by atomic mass is 10.2. The Hall–Kier alpha value is -2.70. The van der Waals surface area contributed by atoms with Crippen molar-refractivity contribution in [2.75, 3.05) is 0 Å². The third-order valence-electron chi connectivity index (χ3n) is 3.99. The van der Waals surface area contributed by atoms with Crippen LogP contribution < -0.4 is 5.56 Å². The molecule has 2 aromatic carbocycles. The van der Waals surface area contributed by atoms with Crippen LogP contribution >= 0.6 is 23.2 Å². The zero-order chi connectivity index (χ0) is 18.3. The van der Waals surface area contributed by atoms with E-state index in [-0.39, 0.29) is 12.1 Å². The zero-order valence-corrected chi connectivity index (χ0v) is 15.1. The third-order valence-corrected chi connectivity index (χ3v) is 4.73. The molecule has 8 heteroatoms. The number of aryl methyl sites for hydroxylation is 1. The lowest BCUT2D eigenvalue weighted by Gasteiger charge is -2.08. The number of fused-ring (bicyclic) bond motifs is 1. The highest BCUT2D eigenvalue weighted by molar-refractivity contribution is 6.42. The first-order chi connectivity index (χ1) is 12.5.